The smallest absolute Gasteiger partial charge is 0.166 e. The molecule has 0 radical (unpaired) electrons. The molecule has 3 heteroatoms. The molecule has 0 bridgehead atoms. The molecule has 0 aliphatic heterocycles. The summed E-state index contributed by atoms with van der Waals surface area (Å²) < 4.78 is 6.07. The van der Waals surface area contributed by atoms with Gasteiger partial charge in [-0.3, -0.25) is 4.79 Å². The lowest BCUT2D eigenvalue weighted by Gasteiger charge is -2.09. The molecule has 0 aliphatic carbocycles. The van der Waals surface area contributed by atoms with E-state index in [9.17, 15) is 4.79 Å². The van der Waals surface area contributed by atoms with Crippen molar-refractivity contribution in [3.05, 3.63) is 28.2 Å². The summed E-state index contributed by atoms with van der Waals surface area (Å²) in [6.07, 6.45) is 3.77. The van der Waals surface area contributed by atoms with Gasteiger partial charge in [0.15, 0.2) is 5.78 Å². The average Bonchev–Trinajstić information content (AvgIpc) is 2.29. The van der Waals surface area contributed by atoms with Crippen LogP contribution in [0.3, 0.4) is 0 Å². The normalized spacial score (nSPS) is 10.2. The standard InChI is InChI=1S/C13H17BrO2/c1-3-4-5-9-12(15)10-7-6-8-11(14)13(10)16-2/h6-8H,3-5,9H2,1-2H3. The molecule has 2 nitrogen and oxygen atoms in total. The van der Waals surface area contributed by atoms with Gasteiger partial charge in [0, 0.05) is 6.42 Å². The molecule has 0 unspecified atom stereocenters. The van der Waals surface area contributed by atoms with Crippen LogP contribution in [-0.4, -0.2) is 12.9 Å². The number of para-hydroxylation sites is 1. The fourth-order valence-corrected chi connectivity index (χ4v) is 2.13. The van der Waals surface area contributed by atoms with Crippen LogP contribution in [0.15, 0.2) is 22.7 Å². The molecule has 0 spiro atoms. The van der Waals surface area contributed by atoms with Gasteiger partial charge in [-0.1, -0.05) is 25.8 Å². The summed E-state index contributed by atoms with van der Waals surface area (Å²) in [5, 5.41) is 0. The van der Waals surface area contributed by atoms with Crippen LogP contribution < -0.4 is 4.74 Å². The Morgan fingerprint density at radius 3 is 2.75 bits per heavy atom. The zero-order valence-electron chi connectivity index (χ0n) is 9.75. The number of benzene rings is 1. The highest BCUT2D eigenvalue weighted by atomic mass is 79.9. The number of ketones is 1. The summed E-state index contributed by atoms with van der Waals surface area (Å²) in [6, 6.07) is 5.55. The highest BCUT2D eigenvalue weighted by Crippen LogP contribution is 2.29. The number of unbranched alkanes of at least 4 members (excludes halogenated alkanes) is 2. The first-order valence-electron chi connectivity index (χ1n) is 5.56. The third-order valence-corrected chi connectivity index (χ3v) is 3.10. The molecule has 1 aromatic rings. The largest absolute Gasteiger partial charge is 0.495 e. The molecule has 88 valence electrons. The van der Waals surface area contributed by atoms with E-state index in [1.54, 1.807) is 7.11 Å². The minimum Gasteiger partial charge on any atom is -0.495 e. The molecule has 0 fully saturated rings. The van der Waals surface area contributed by atoms with Crippen molar-refractivity contribution in [1.82, 2.24) is 0 Å². The van der Waals surface area contributed by atoms with E-state index < -0.39 is 0 Å². The van der Waals surface area contributed by atoms with E-state index in [1.807, 2.05) is 18.2 Å². The third kappa shape index (κ3) is 3.34. The predicted molar refractivity (Wildman–Crippen MR) is 69.2 cm³/mol. The van der Waals surface area contributed by atoms with Gasteiger partial charge in [0.05, 0.1) is 17.1 Å². The number of hydrogen-bond donors (Lipinski definition) is 0. The highest BCUT2D eigenvalue weighted by molar-refractivity contribution is 9.10. The predicted octanol–water partition coefficient (Wildman–Crippen LogP) is 4.22. The SMILES string of the molecule is CCCCCC(=O)c1cccc(Br)c1OC. The van der Waals surface area contributed by atoms with Crippen LogP contribution in [0.5, 0.6) is 5.75 Å². The fraction of sp³-hybridized carbons (Fsp3) is 0.462. The van der Waals surface area contributed by atoms with Crippen molar-refractivity contribution in [1.29, 1.82) is 0 Å². The summed E-state index contributed by atoms with van der Waals surface area (Å²) in [6.45, 7) is 2.13. The first kappa shape index (κ1) is 13.2. The van der Waals surface area contributed by atoms with Crippen LogP contribution in [0.1, 0.15) is 43.0 Å². The number of carbonyl (C=O) groups is 1. The minimum absolute atomic E-state index is 0.159. The Hall–Kier alpha value is -0.830. The molecule has 0 N–H and O–H groups in total. The Morgan fingerprint density at radius 2 is 2.12 bits per heavy atom. The molecule has 1 rings (SSSR count). The maximum absolute atomic E-state index is 12.0. The fourth-order valence-electron chi connectivity index (χ4n) is 1.61. The Balaban J connectivity index is 2.78. The van der Waals surface area contributed by atoms with Gasteiger partial charge in [-0.05, 0) is 34.5 Å². The van der Waals surface area contributed by atoms with E-state index >= 15 is 0 Å². The van der Waals surface area contributed by atoms with E-state index in [0.29, 0.717) is 17.7 Å². The Bertz CT molecular complexity index is 361. The zero-order chi connectivity index (χ0) is 12.0. The van der Waals surface area contributed by atoms with Gasteiger partial charge in [0.1, 0.15) is 5.75 Å². The van der Waals surface area contributed by atoms with Gasteiger partial charge in [0.2, 0.25) is 0 Å². The van der Waals surface area contributed by atoms with Gasteiger partial charge in [-0.15, -0.1) is 0 Å². The summed E-state index contributed by atoms with van der Waals surface area (Å²) in [4.78, 5) is 12.0. The first-order valence-corrected chi connectivity index (χ1v) is 6.35. The van der Waals surface area contributed by atoms with Gasteiger partial charge in [0.25, 0.3) is 0 Å². The summed E-state index contributed by atoms with van der Waals surface area (Å²) >= 11 is 3.38. The van der Waals surface area contributed by atoms with Crippen LogP contribution in [0, 0.1) is 0 Å². The summed E-state index contributed by atoms with van der Waals surface area (Å²) in [5.41, 5.74) is 0.674. The number of halogens is 1. The number of hydrogen-bond acceptors (Lipinski definition) is 2. The van der Waals surface area contributed by atoms with Crippen molar-refractivity contribution in [2.45, 2.75) is 32.6 Å². The highest BCUT2D eigenvalue weighted by Gasteiger charge is 2.13. The van der Waals surface area contributed by atoms with Crippen molar-refractivity contribution >= 4 is 21.7 Å². The molecule has 0 amide bonds. The van der Waals surface area contributed by atoms with Gasteiger partial charge >= 0.3 is 0 Å². The van der Waals surface area contributed by atoms with Crippen molar-refractivity contribution < 1.29 is 9.53 Å². The lowest BCUT2D eigenvalue weighted by molar-refractivity contribution is 0.0976. The second-order valence-corrected chi connectivity index (χ2v) is 4.56. The third-order valence-electron chi connectivity index (χ3n) is 2.48. The number of rotatable bonds is 6. The molecule has 16 heavy (non-hydrogen) atoms. The van der Waals surface area contributed by atoms with Crippen LogP contribution >= 0.6 is 15.9 Å². The van der Waals surface area contributed by atoms with E-state index in [1.165, 1.54) is 0 Å². The molecular weight excluding hydrogens is 268 g/mol. The Kier molecular flexibility index (Phi) is 5.53. The monoisotopic (exact) mass is 284 g/mol. The zero-order valence-corrected chi connectivity index (χ0v) is 11.3. The van der Waals surface area contributed by atoms with Crippen molar-refractivity contribution in [2.75, 3.05) is 7.11 Å². The quantitative estimate of drug-likeness (QED) is 0.577. The second-order valence-electron chi connectivity index (χ2n) is 3.70. The number of Topliss-reactive ketones (excluding diaryl/α,β-unsaturated/α-hetero) is 1. The van der Waals surface area contributed by atoms with Crippen LogP contribution in [0.4, 0.5) is 0 Å². The van der Waals surface area contributed by atoms with E-state index in [2.05, 4.69) is 22.9 Å². The van der Waals surface area contributed by atoms with E-state index in [4.69, 9.17) is 4.74 Å². The maximum Gasteiger partial charge on any atom is 0.166 e. The van der Waals surface area contributed by atoms with Gasteiger partial charge in [-0.2, -0.15) is 0 Å². The maximum atomic E-state index is 12.0. The van der Waals surface area contributed by atoms with Gasteiger partial charge < -0.3 is 4.74 Å². The van der Waals surface area contributed by atoms with Crippen molar-refractivity contribution in [2.24, 2.45) is 0 Å². The van der Waals surface area contributed by atoms with E-state index in [-0.39, 0.29) is 5.78 Å². The number of methoxy groups -OCH3 is 1. The number of carbonyl (C=O) groups excluding carboxylic acids is 1. The lowest BCUT2D eigenvalue weighted by atomic mass is 10.0. The van der Waals surface area contributed by atoms with Crippen molar-refractivity contribution in [3.8, 4) is 5.75 Å². The molecule has 0 aliphatic rings. The molecule has 0 heterocycles. The molecule has 0 saturated carbocycles. The van der Waals surface area contributed by atoms with Gasteiger partial charge in [-0.25, -0.2) is 0 Å². The topological polar surface area (TPSA) is 26.3 Å². The lowest BCUT2D eigenvalue weighted by Crippen LogP contribution is -2.02. The molecule has 0 saturated heterocycles. The molecule has 0 aromatic heterocycles. The van der Waals surface area contributed by atoms with E-state index in [0.717, 1.165) is 23.7 Å². The Morgan fingerprint density at radius 1 is 1.38 bits per heavy atom. The first-order chi connectivity index (χ1) is 7.70. The molecule has 1 aromatic carbocycles. The Labute approximate surface area is 105 Å². The van der Waals surface area contributed by atoms with Crippen LogP contribution in [0.25, 0.3) is 0 Å². The minimum atomic E-state index is 0.159. The van der Waals surface area contributed by atoms with Crippen LogP contribution in [0.2, 0.25) is 0 Å². The second kappa shape index (κ2) is 6.69. The number of ether oxygens (including phenoxy) is 1. The average molecular weight is 285 g/mol. The van der Waals surface area contributed by atoms with Crippen molar-refractivity contribution in [3.63, 3.8) is 0 Å². The van der Waals surface area contributed by atoms with Crippen LogP contribution in [-0.2, 0) is 0 Å². The summed E-state index contributed by atoms with van der Waals surface area (Å²) in [5.74, 6) is 0.801. The molecule has 0 atom stereocenters. The molecular formula is C13H17BrO2. The summed E-state index contributed by atoms with van der Waals surface area (Å²) in [7, 11) is 1.59.